The van der Waals surface area contributed by atoms with Gasteiger partial charge in [0.1, 0.15) is 28.9 Å². The molecule has 2 heterocycles. The Kier molecular flexibility index (Phi) is 4.50. The monoisotopic (exact) mass is 438 g/mol. The third-order valence-corrected chi connectivity index (χ3v) is 5.66. The number of carbonyl (C=O) groups is 1. The van der Waals surface area contributed by atoms with Crippen molar-refractivity contribution in [3.05, 3.63) is 53.4 Å². The Morgan fingerprint density at radius 3 is 2.33 bits per heavy atom. The Labute approximate surface area is 172 Å². The first kappa shape index (κ1) is 20.2. The van der Waals surface area contributed by atoms with Crippen molar-refractivity contribution in [2.75, 3.05) is 9.80 Å². The predicted octanol–water partition coefficient (Wildman–Crippen LogP) is 4.31. The van der Waals surface area contributed by atoms with E-state index in [1.54, 1.807) is 0 Å². The molecule has 1 aliphatic carbocycles. The number of pyridine rings is 1. The highest BCUT2D eigenvalue weighted by molar-refractivity contribution is 7.81. The lowest BCUT2D eigenvalue weighted by Crippen LogP contribution is -2.55. The average molecular weight is 438 g/mol. The summed E-state index contributed by atoms with van der Waals surface area (Å²) in [6.07, 6.45) is -2.96. The minimum Gasteiger partial charge on any atom is -0.298 e. The van der Waals surface area contributed by atoms with E-state index in [0.717, 1.165) is 34.2 Å². The molecule has 1 spiro atoms. The van der Waals surface area contributed by atoms with Gasteiger partial charge in [-0.2, -0.15) is 18.4 Å². The van der Waals surface area contributed by atoms with Crippen molar-refractivity contribution in [3.8, 4) is 6.07 Å². The molecule has 0 atom stereocenters. The summed E-state index contributed by atoms with van der Waals surface area (Å²) in [4.78, 5) is 18.6. The van der Waals surface area contributed by atoms with Crippen LogP contribution in [0, 0.1) is 23.0 Å². The molecule has 2 fully saturated rings. The number of rotatable bonds is 2. The minimum atomic E-state index is -4.90. The van der Waals surface area contributed by atoms with Gasteiger partial charge in [0, 0.05) is 0 Å². The number of hydrogen-bond acceptors (Lipinski definition) is 4. The smallest absolute Gasteiger partial charge is 0.298 e. The third-order valence-electron chi connectivity index (χ3n) is 5.30. The molecule has 11 heteroatoms. The maximum absolute atomic E-state index is 14.5. The molecule has 0 N–H and O–H groups in total. The minimum absolute atomic E-state index is 0.228. The van der Waals surface area contributed by atoms with Crippen LogP contribution < -0.4 is 9.80 Å². The zero-order valence-corrected chi connectivity index (χ0v) is 15.8. The van der Waals surface area contributed by atoms with E-state index in [2.05, 4.69) is 4.98 Å². The van der Waals surface area contributed by atoms with Gasteiger partial charge in [-0.05, 0) is 49.7 Å². The summed E-state index contributed by atoms with van der Waals surface area (Å²) in [5.41, 5.74) is -4.44. The number of alkyl halides is 3. The third kappa shape index (κ3) is 2.74. The number of amides is 1. The van der Waals surface area contributed by atoms with Crippen LogP contribution in [0.3, 0.4) is 0 Å². The molecular formula is C19H11F5N4OS. The lowest BCUT2D eigenvalue weighted by atomic mass is 9.75. The Bertz CT molecular complexity index is 1100. The molecule has 1 saturated carbocycles. The fourth-order valence-corrected chi connectivity index (χ4v) is 4.20. The molecule has 1 aromatic heterocycles. The van der Waals surface area contributed by atoms with Gasteiger partial charge in [-0.25, -0.2) is 13.8 Å². The maximum atomic E-state index is 14.5. The molecule has 30 heavy (non-hydrogen) atoms. The topological polar surface area (TPSA) is 60.2 Å². The van der Waals surface area contributed by atoms with Crippen LogP contribution in [0.4, 0.5) is 33.3 Å². The summed E-state index contributed by atoms with van der Waals surface area (Å²) in [5, 5.41) is 8.56. The van der Waals surface area contributed by atoms with E-state index in [9.17, 15) is 26.7 Å². The van der Waals surface area contributed by atoms with E-state index in [1.165, 1.54) is 6.07 Å². The summed E-state index contributed by atoms with van der Waals surface area (Å²) in [6.45, 7) is 0. The molecular weight excluding hydrogens is 427 g/mol. The molecule has 2 aliphatic rings. The molecule has 0 radical (unpaired) electrons. The SMILES string of the molecule is N#Cc1ncc(N2C(=O)C3(CCC3)N(c3c(F)cccc3F)C2=S)cc1C(F)(F)F. The van der Waals surface area contributed by atoms with Crippen LogP contribution in [0.2, 0.25) is 0 Å². The number of anilines is 2. The fourth-order valence-electron chi connectivity index (χ4n) is 3.74. The van der Waals surface area contributed by atoms with Gasteiger partial charge in [0.2, 0.25) is 0 Å². The number of nitriles is 1. The summed E-state index contributed by atoms with van der Waals surface area (Å²) in [6, 6.07) is 5.10. The average Bonchev–Trinajstić information content (AvgIpc) is 2.88. The normalized spacial score (nSPS) is 18.0. The number of aromatic nitrogens is 1. The molecule has 0 unspecified atom stereocenters. The highest BCUT2D eigenvalue weighted by Gasteiger charge is 2.60. The number of hydrogen-bond donors (Lipinski definition) is 0. The highest BCUT2D eigenvalue weighted by atomic mass is 32.1. The lowest BCUT2D eigenvalue weighted by molar-refractivity contribution is -0.138. The number of carbonyl (C=O) groups excluding carboxylic acids is 1. The van der Waals surface area contributed by atoms with E-state index in [0.29, 0.717) is 12.5 Å². The largest absolute Gasteiger partial charge is 0.419 e. The van der Waals surface area contributed by atoms with Crippen LogP contribution in [-0.2, 0) is 11.0 Å². The molecule has 1 aromatic carbocycles. The maximum Gasteiger partial charge on any atom is 0.419 e. The first-order valence-corrected chi connectivity index (χ1v) is 9.13. The van der Waals surface area contributed by atoms with E-state index in [1.807, 2.05) is 0 Å². The molecule has 2 aromatic rings. The second-order valence-electron chi connectivity index (χ2n) is 6.91. The number of thiocarbonyl (C=S) groups is 1. The highest BCUT2D eigenvalue weighted by Crippen LogP contribution is 2.49. The predicted molar refractivity (Wildman–Crippen MR) is 99.5 cm³/mol. The molecule has 5 nitrogen and oxygen atoms in total. The lowest BCUT2D eigenvalue weighted by Gasteiger charge is -2.43. The van der Waals surface area contributed by atoms with Gasteiger partial charge < -0.3 is 0 Å². The van der Waals surface area contributed by atoms with Gasteiger partial charge in [0.05, 0.1) is 17.4 Å². The quantitative estimate of drug-likeness (QED) is 0.517. The van der Waals surface area contributed by atoms with Crippen LogP contribution in [-0.4, -0.2) is 21.5 Å². The molecule has 1 saturated heterocycles. The van der Waals surface area contributed by atoms with E-state index >= 15 is 0 Å². The molecule has 4 rings (SSSR count). The van der Waals surface area contributed by atoms with Gasteiger partial charge in [-0.15, -0.1) is 0 Å². The zero-order valence-electron chi connectivity index (χ0n) is 15.0. The van der Waals surface area contributed by atoms with Crippen molar-refractivity contribution >= 4 is 34.6 Å². The van der Waals surface area contributed by atoms with Crippen molar-refractivity contribution in [1.82, 2.24) is 4.98 Å². The van der Waals surface area contributed by atoms with E-state index < -0.39 is 46.2 Å². The van der Waals surface area contributed by atoms with Crippen molar-refractivity contribution < 1.29 is 26.7 Å². The summed E-state index contributed by atoms with van der Waals surface area (Å²) in [5.74, 6) is -2.60. The van der Waals surface area contributed by atoms with Crippen molar-refractivity contribution in [2.45, 2.75) is 31.0 Å². The Morgan fingerprint density at radius 2 is 1.83 bits per heavy atom. The molecule has 0 bridgehead atoms. The zero-order chi connectivity index (χ0) is 21.8. The number of halogens is 5. The van der Waals surface area contributed by atoms with Gasteiger partial charge in [-0.1, -0.05) is 6.07 Å². The Balaban J connectivity index is 1.87. The first-order chi connectivity index (χ1) is 14.1. The Hall–Kier alpha value is -3.13. The van der Waals surface area contributed by atoms with Crippen LogP contribution in [0.5, 0.6) is 0 Å². The van der Waals surface area contributed by atoms with Crippen molar-refractivity contribution in [3.63, 3.8) is 0 Å². The fraction of sp³-hybridized carbons (Fsp3) is 0.263. The van der Waals surface area contributed by atoms with Crippen molar-refractivity contribution in [1.29, 1.82) is 5.26 Å². The number of para-hydroxylation sites is 1. The van der Waals surface area contributed by atoms with Gasteiger partial charge in [-0.3, -0.25) is 14.6 Å². The van der Waals surface area contributed by atoms with E-state index in [-0.39, 0.29) is 23.6 Å². The number of nitrogens with zero attached hydrogens (tertiary/aromatic N) is 4. The van der Waals surface area contributed by atoms with Crippen LogP contribution in [0.15, 0.2) is 30.5 Å². The van der Waals surface area contributed by atoms with E-state index in [4.69, 9.17) is 17.5 Å². The standard InChI is InChI=1S/C19H11F5N4OS/c20-12-3-1-4-13(21)15(12)28-17(30)27(16(29)18(28)5-2-6-18)10-7-11(19(22,23)24)14(8-25)26-9-10/h1,3-4,7,9H,2,5-6H2. The first-order valence-electron chi connectivity index (χ1n) is 8.72. The van der Waals surface area contributed by atoms with Crippen LogP contribution >= 0.6 is 12.2 Å². The number of benzene rings is 1. The molecule has 1 aliphatic heterocycles. The molecule has 1 amide bonds. The van der Waals surface area contributed by atoms with Crippen LogP contribution in [0.25, 0.3) is 0 Å². The summed E-state index contributed by atoms with van der Waals surface area (Å²) in [7, 11) is 0. The van der Waals surface area contributed by atoms with Crippen molar-refractivity contribution in [2.24, 2.45) is 0 Å². The summed E-state index contributed by atoms with van der Waals surface area (Å²) < 4.78 is 69.0. The second-order valence-corrected chi connectivity index (χ2v) is 7.28. The van der Waals surface area contributed by atoms with Gasteiger partial charge >= 0.3 is 6.18 Å². The van der Waals surface area contributed by atoms with Crippen LogP contribution in [0.1, 0.15) is 30.5 Å². The molecule has 154 valence electrons. The van der Waals surface area contributed by atoms with Gasteiger partial charge in [0.25, 0.3) is 5.91 Å². The Morgan fingerprint density at radius 1 is 1.20 bits per heavy atom. The van der Waals surface area contributed by atoms with Gasteiger partial charge in [0.15, 0.2) is 10.8 Å². The summed E-state index contributed by atoms with van der Waals surface area (Å²) >= 11 is 5.29. The second kappa shape index (κ2) is 6.70.